The van der Waals surface area contributed by atoms with Crippen molar-refractivity contribution >= 4 is 11.9 Å². The Bertz CT molecular complexity index is 600. The number of rotatable bonds is 12. The van der Waals surface area contributed by atoms with Gasteiger partial charge in [-0.15, -0.1) is 0 Å². The Labute approximate surface area is 149 Å². The van der Waals surface area contributed by atoms with Gasteiger partial charge in [-0.3, -0.25) is 35.1 Å². The average molecular weight is 397 g/mol. The monoisotopic (exact) mass is 397 g/mol. The number of hydrazine groups is 1. The summed E-state index contributed by atoms with van der Waals surface area (Å²) in [5, 5.41) is 42.2. The molecule has 0 aliphatic rings. The minimum atomic E-state index is -4.26. The lowest BCUT2D eigenvalue weighted by Gasteiger charge is -2.22. The normalized spacial score (nSPS) is 11.8. The van der Waals surface area contributed by atoms with Gasteiger partial charge in [0.25, 0.3) is 6.54 Å². The van der Waals surface area contributed by atoms with E-state index in [2.05, 4.69) is 9.47 Å². The number of carbonyl (C=O) groups excluding carboxylic acids is 2. The zero-order valence-corrected chi connectivity index (χ0v) is 14.0. The molecule has 27 heavy (non-hydrogen) atoms. The quantitative estimate of drug-likeness (QED) is 0.164. The first kappa shape index (κ1) is 23.3. The summed E-state index contributed by atoms with van der Waals surface area (Å²) in [7, 11) is 0. The fourth-order valence-electron chi connectivity index (χ4n) is 1.80. The van der Waals surface area contributed by atoms with E-state index in [0.29, 0.717) is 0 Å². The lowest BCUT2D eigenvalue weighted by atomic mass is 10.2. The van der Waals surface area contributed by atoms with E-state index < -0.39 is 61.5 Å². The van der Waals surface area contributed by atoms with Crippen LogP contribution >= 0.6 is 0 Å². The van der Waals surface area contributed by atoms with Gasteiger partial charge >= 0.3 is 17.7 Å². The van der Waals surface area contributed by atoms with Crippen LogP contribution in [0, 0.1) is 40.5 Å². The van der Waals surface area contributed by atoms with Gasteiger partial charge in [0.05, 0.1) is 19.6 Å². The molecule has 0 bridgehead atoms. The molecular weight excluding hydrogens is 382 g/mol. The summed E-state index contributed by atoms with van der Waals surface area (Å²) in [4.78, 5) is 61.8. The summed E-state index contributed by atoms with van der Waals surface area (Å²) in [5.74, 6) is -6.88. The van der Waals surface area contributed by atoms with Crippen molar-refractivity contribution in [3.8, 4) is 0 Å². The molecule has 0 radical (unpaired) electrons. The standard InChI is InChI=1S/C10H15N5O12/c1-3-26-8(16)5-7(9(17)27-4-2)11(15(24)25)6-10(12(18)19,13(20)21)14(22)23/h7H,3-6H2,1-2H3. The first-order valence-corrected chi connectivity index (χ1v) is 7.12. The minimum Gasteiger partial charge on any atom is -0.466 e. The molecule has 0 aliphatic heterocycles. The molecule has 0 aliphatic carbocycles. The van der Waals surface area contributed by atoms with Gasteiger partial charge in [0.2, 0.25) is 0 Å². The maximum absolute atomic E-state index is 11.9. The fourth-order valence-corrected chi connectivity index (χ4v) is 1.80. The van der Waals surface area contributed by atoms with Crippen molar-refractivity contribution in [2.75, 3.05) is 19.8 Å². The van der Waals surface area contributed by atoms with Crippen molar-refractivity contribution in [2.24, 2.45) is 0 Å². The van der Waals surface area contributed by atoms with Crippen molar-refractivity contribution in [3.63, 3.8) is 0 Å². The number of esters is 2. The van der Waals surface area contributed by atoms with E-state index in [-0.39, 0.29) is 13.2 Å². The molecule has 0 N–H and O–H groups in total. The molecular formula is C10H15N5O12. The van der Waals surface area contributed by atoms with Crippen LogP contribution in [0.25, 0.3) is 0 Å². The van der Waals surface area contributed by atoms with Crippen LogP contribution in [0.3, 0.4) is 0 Å². The Hall–Kier alpha value is -3.66. The highest BCUT2D eigenvalue weighted by Gasteiger charge is 2.74. The molecule has 0 aromatic heterocycles. The van der Waals surface area contributed by atoms with Crippen molar-refractivity contribution in [1.29, 1.82) is 0 Å². The molecule has 0 spiro atoms. The molecule has 1 unspecified atom stereocenters. The van der Waals surface area contributed by atoms with Crippen LogP contribution in [-0.4, -0.2) is 68.3 Å². The average Bonchev–Trinajstić information content (AvgIpc) is 2.53. The molecule has 0 fully saturated rings. The van der Waals surface area contributed by atoms with Crippen LogP contribution in [0.4, 0.5) is 0 Å². The lowest BCUT2D eigenvalue weighted by Crippen LogP contribution is -2.63. The van der Waals surface area contributed by atoms with Crippen LogP contribution < -0.4 is 0 Å². The van der Waals surface area contributed by atoms with E-state index in [0.717, 1.165) is 0 Å². The van der Waals surface area contributed by atoms with E-state index in [1.165, 1.54) is 13.8 Å². The van der Waals surface area contributed by atoms with Crippen molar-refractivity contribution < 1.29 is 38.9 Å². The number of hydrogen-bond acceptors (Lipinski definition) is 12. The van der Waals surface area contributed by atoms with Gasteiger partial charge in [-0.25, -0.2) is 14.9 Å². The third-order valence-corrected chi connectivity index (χ3v) is 3.04. The smallest absolute Gasteiger partial charge is 0.466 e. The lowest BCUT2D eigenvalue weighted by molar-refractivity contribution is -0.973. The third kappa shape index (κ3) is 5.41. The van der Waals surface area contributed by atoms with Crippen molar-refractivity contribution in [1.82, 2.24) is 5.01 Å². The molecule has 0 saturated heterocycles. The SMILES string of the molecule is CCOC(=O)CC(C(=O)OCC)N(CC([N+](=O)[O-])([N+](=O)[O-])[N+](=O)[O-])[N+](=O)[O-]. The van der Waals surface area contributed by atoms with Gasteiger partial charge in [-0.1, -0.05) is 5.01 Å². The maximum Gasteiger partial charge on any atom is 0.723 e. The van der Waals surface area contributed by atoms with Gasteiger partial charge in [-0.05, 0) is 13.8 Å². The Morgan fingerprint density at radius 3 is 1.70 bits per heavy atom. The Morgan fingerprint density at radius 2 is 1.37 bits per heavy atom. The summed E-state index contributed by atoms with van der Waals surface area (Å²) < 4.78 is 9.01. The number of nitrogens with zero attached hydrogens (tertiary/aromatic N) is 5. The molecule has 0 aromatic rings. The number of carbonyl (C=O) groups is 2. The largest absolute Gasteiger partial charge is 0.723 e. The summed E-state index contributed by atoms with van der Waals surface area (Å²) in [6.45, 7) is 0.102. The Morgan fingerprint density at radius 1 is 0.926 bits per heavy atom. The van der Waals surface area contributed by atoms with Gasteiger partial charge in [0.15, 0.2) is 25.8 Å². The van der Waals surface area contributed by atoms with E-state index in [4.69, 9.17) is 0 Å². The highest BCUT2D eigenvalue weighted by atomic mass is 16.7. The summed E-state index contributed by atoms with van der Waals surface area (Å²) in [6.07, 6.45) is -1.09. The summed E-state index contributed by atoms with van der Waals surface area (Å²) in [5.41, 5.74) is 0. The van der Waals surface area contributed by atoms with Crippen LogP contribution in [0.1, 0.15) is 20.3 Å². The molecule has 0 rings (SSSR count). The van der Waals surface area contributed by atoms with Crippen LogP contribution in [0.2, 0.25) is 0 Å². The predicted molar refractivity (Wildman–Crippen MR) is 79.1 cm³/mol. The second-order valence-electron chi connectivity index (χ2n) is 4.66. The highest BCUT2D eigenvalue weighted by Crippen LogP contribution is 2.19. The molecule has 0 heterocycles. The van der Waals surface area contributed by atoms with E-state index in [1.807, 2.05) is 0 Å². The van der Waals surface area contributed by atoms with E-state index in [1.54, 1.807) is 0 Å². The topological polar surface area (TPSA) is 228 Å². The number of hydrogen-bond donors (Lipinski definition) is 0. The molecule has 1 atom stereocenters. The second-order valence-corrected chi connectivity index (χ2v) is 4.66. The van der Waals surface area contributed by atoms with Crippen LogP contribution in [-0.2, 0) is 19.1 Å². The minimum absolute atomic E-state index is 0.185. The van der Waals surface area contributed by atoms with Gasteiger partial charge in [0.1, 0.15) is 0 Å². The Balaban J connectivity index is 6.15. The zero-order valence-electron chi connectivity index (χ0n) is 14.0. The van der Waals surface area contributed by atoms with E-state index >= 15 is 0 Å². The van der Waals surface area contributed by atoms with Crippen LogP contribution in [0.5, 0.6) is 0 Å². The molecule has 152 valence electrons. The molecule has 17 nitrogen and oxygen atoms in total. The number of ether oxygens (including phenoxy) is 2. The summed E-state index contributed by atoms with van der Waals surface area (Å²) >= 11 is 0. The van der Waals surface area contributed by atoms with Gasteiger partial charge < -0.3 is 9.47 Å². The number of nitro groups is 4. The first-order valence-electron chi connectivity index (χ1n) is 7.12. The highest BCUT2D eigenvalue weighted by molar-refractivity contribution is 5.82. The van der Waals surface area contributed by atoms with E-state index in [9.17, 15) is 50.0 Å². The predicted octanol–water partition coefficient (Wildman–Crippen LogP) is -1.15. The van der Waals surface area contributed by atoms with Crippen molar-refractivity contribution in [2.45, 2.75) is 32.1 Å². The maximum atomic E-state index is 11.9. The zero-order chi connectivity index (χ0) is 21.4. The van der Waals surface area contributed by atoms with Gasteiger partial charge in [0, 0.05) is 0 Å². The third-order valence-electron chi connectivity index (χ3n) is 3.04. The fraction of sp³-hybridized carbons (Fsp3) is 0.800. The van der Waals surface area contributed by atoms with Gasteiger partial charge in [-0.2, -0.15) is 0 Å². The van der Waals surface area contributed by atoms with Crippen molar-refractivity contribution in [3.05, 3.63) is 40.5 Å². The molecule has 0 aromatic carbocycles. The molecule has 17 heteroatoms. The van der Waals surface area contributed by atoms with Crippen LogP contribution in [0.15, 0.2) is 0 Å². The first-order chi connectivity index (χ1) is 12.4. The molecule has 0 saturated carbocycles. The Kier molecular flexibility index (Phi) is 8.41. The second kappa shape index (κ2) is 9.73. The summed E-state index contributed by atoms with van der Waals surface area (Å²) in [6, 6.07) is -2.24. The molecule has 0 amide bonds.